The van der Waals surface area contributed by atoms with Gasteiger partial charge in [0.1, 0.15) is 17.9 Å². The summed E-state index contributed by atoms with van der Waals surface area (Å²) in [5, 5.41) is 0.415. The van der Waals surface area contributed by atoms with Gasteiger partial charge in [0.2, 0.25) is 0 Å². The van der Waals surface area contributed by atoms with Crippen molar-refractivity contribution < 1.29 is 19.1 Å². The third kappa shape index (κ3) is 4.40. The van der Waals surface area contributed by atoms with Crippen molar-refractivity contribution in [2.24, 2.45) is 0 Å². The van der Waals surface area contributed by atoms with Crippen LogP contribution in [0.15, 0.2) is 78.4 Å². The number of benzene rings is 3. The van der Waals surface area contributed by atoms with E-state index in [-0.39, 0.29) is 33.5 Å². The number of hydrogen-bond donors (Lipinski definition) is 0. The smallest absolute Gasteiger partial charge is 0.343 e. The van der Waals surface area contributed by atoms with Gasteiger partial charge in [0, 0.05) is 10.6 Å². The van der Waals surface area contributed by atoms with Crippen molar-refractivity contribution in [3.63, 3.8) is 0 Å². The Balaban J connectivity index is 1.90. The van der Waals surface area contributed by atoms with Crippen molar-refractivity contribution in [3.05, 3.63) is 94.0 Å². The molecule has 6 nitrogen and oxygen atoms in total. The number of urea groups is 1. The van der Waals surface area contributed by atoms with Crippen molar-refractivity contribution in [2.75, 3.05) is 16.4 Å². The van der Waals surface area contributed by atoms with Gasteiger partial charge >= 0.3 is 6.03 Å². The van der Waals surface area contributed by atoms with E-state index in [9.17, 15) is 14.4 Å². The number of carbonyl (C=O) groups is 3. The van der Waals surface area contributed by atoms with Crippen LogP contribution in [0.4, 0.5) is 16.2 Å². The SMILES string of the molecule is C#CCOc1c(Cl)cc(Cl)cc1C=C1C(=O)N(c2ccccc2)C(=O)N(c2ccccc2)C1=O. The molecule has 0 N–H and O–H groups in total. The summed E-state index contributed by atoms with van der Waals surface area (Å²) in [7, 11) is 0. The predicted octanol–water partition coefficient (Wildman–Crippen LogP) is 5.59. The Bertz CT molecular complexity index is 1280. The maximum Gasteiger partial charge on any atom is 0.343 e. The van der Waals surface area contributed by atoms with Crippen LogP contribution in [0, 0.1) is 12.3 Å². The first-order chi connectivity index (χ1) is 16.4. The van der Waals surface area contributed by atoms with Gasteiger partial charge in [-0.3, -0.25) is 9.59 Å². The minimum Gasteiger partial charge on any atom is -0.479 e. The van der Waals surface area contributed by atoms with Gasteiger partial charge in [-0.15, -0.1) is 6.42 Å². The Kier molecular flexibility index (Phi) is 6.69. The molecule has 0 unspecified atom stereocenters. The van der Waals surface area contributed by atoms with Crippen molar-refractivity contribution in [1.82, 2.24) is 0 Å². The average molecular weight is 491 g/mol. The van der Waals surface area contributed by atoms with Gasteiger partial charge < -0.3 is 4.74 Å². The molecule has 0 atom stereocenters. The molecular formula is C26H16Cl2N2O4. The zero-order valence-corrected chi connectivity index (χ0v) is 19.1. The highest BCUT2D eigenvalue weighted by Crippen LogP contribution is 2.36. The third-order valence-electron chi connectivity index (χ3n) is 4.92. The first kappa shape index (κ1) is 23.1. The maximum atomic E-state index is 13.5. The van der Waals surface area contributed by atoms with Crippen LogP contribution >= 0.6 is 23.2 Å². The van der Waals surface area contributed by atoms with Gasteiger partial charge in [-0.25, -0.2) is 14.6 Å². The summed E-state index contributed by atoms with van der Waals surface area (Å²) in [6.07, 6.45) is 6.59. The third-order valence-corrected chi connectivity index (χ3v) is 5.41. The molecule has 1 aliphatic rings. The van der Waals surface area contributed by atoms with E-state index < -0.39 is 17.8 Å². The Morgan fingerprint density at radius 1 is 0.853 bits per heavy atom. The van der Waals surface area contributed by atoms with Crippen LogP contribution in [0.5, 0.6) is 5.75 Å². The Morgan fingerprint density at radius 3 is 1.88 bits per heavy atom. The summed E-state index contributed by atoms with van der Waals surface area (Å²) in [5.41, 5.74) is 0.602. The van der Waals surface area contributed by atoms with Crippen molar-refractivity contribution in [3.8, 4) is 18.1 Å². The van der Waals surface area contributed by atoms with Gasteiger partial charge in [0.05, 0.1) is 16.4 Å². The number of halogens is 2. The molecule has 0 saturated carbocycles. The number of hydrogen-bond acceptors (Lipinski definition) is 4. The van der Waals surface area contributed by atoms with Gasteiger partial charge in [0.15, 0.2) is 0 Å². The van der Waals surface area contributed by atoms with Crippen molar-refractivity contribution in [1.29, 1.82) is 0 Å². The zero-order chi connectivity index (χ0) is 24.2. The van der Waals surface area contributed by atoms with Crippen LogP contribution in [0.1, 0.15) is 5.56 Å². The lowest BCUT2D eigenvalue weighted by Gasteiger charge is -2.34. The lowest BCUT2D eigenvalue weighted by molar-refractivity contribution is -0.121. The fourth-order valence-electron chi connectivity index (χ4n) is 3.45. The molecule has 0 aliphatic carbocycles. The number of imide groups is 2. The number of nitrogens with zero attached hydrogens (tertiary/aromatic N) is 2. The van der Waals surface area contributed by atoms with E-state index in [4.69, 9.17) is 34.4 Å². The number of carbonyl (C=O) groups excluding carboxylic acids is 3. The molecule has 1 saturated heterocycles. The molecule has 0 bridgehead atoms. The lowest BCUT2D eigenvalue weighted by Crippen LogP contribution is -2.57. The number of barbiturate groups is 1. The van der Waals surface area contributed by atoms with E-state index in [1.165, 1.54) is 18.2 Å². The second kappa shape index (κ2) is 9.84. The van der Waals surface area contributed by atoms with E-state index in [0.29, 0.717) is 11.4 Å². The number of rotatable bonds is 5. The minimum absolute atomic E-state index is 0.0931. The molecular weight excluding hydrogens is 475 g/mol. The summed E-state index contributed by atoms with van der Waals surface area (Å²) < 4.78 is 5.54. The first-order valence-corrected chi connectivity index (χ1v) is 10.8. The number of amides is 4. The molecule has 1 fully saturated rings. The highest BCUT2D eigenvalue weighted by atomic mass is 35.5. The molecule has 8 heteroatoms. The monoisotopic (exact) mass is 490 g/mol. The summed E-state index contributed by atoms with van der Waals surface area (Å²) in [6.45, 7) is -0.0931. The first-order valence-electron chi connectivity index (χ1n) is 10.0. The molecule has 4 rings (SSSR count). The summed E-state index contributed by atoms with van der Waals surface area (Å²) in [5.74, 6) is 0.901. The van der Waals surface area contributed by atoms with Crippen LogP contribution in [0.25, 0.3) is 6.08 Å². The molecule has 1 aliphatic heterocycles. The molecule has 0 radical (unpaired) electrons. The summed E-state index contributed by atoms with van der Waals surface area (Å²) in [6, 6.07) is 18.8. The molecule has 0 spiro atoms. The van der Waals surface area contributed by atoms with E-state index in [2.05, 4.69) is 5.92 Å². The van der Waals surface area contributed by atoms with E-state index in [1.807, 2.05) is 0 Å². The largest absolute Gasteiger partial charge is 0.479 e. The summed E-state index contributed by atoms with van der Waals surface area (Å²) in [4.78, 5) is 42.2. The van der Waals surface area contributed by atoms with Crippen molar-refractivity contribution in [2.45, 2.75) is 0 Å². The van der Waals surface area contributed by atoms with Crippen LogP contribution in [0.3, 0.4) is 0 Å². The highest BCUT2D eigenvalue weighted by molar-refractivity contribution is 6.46. The van der Waals surface area contributed by atoms with Crippen LogP contribution in [-0.2, 0) is 9.59 Å². The Morgan fingerprint density at radius 2 is 1.38 bits per heavy atom. The molecule has 0 aromatic heterocycles. The van der Waals surface area contributed by atoms with E-state index >= 15 is 0 Å². The van der Waals surface area contributed by atoms with Gasteiger partial charge in [0.25, 0.3) is 11.8 Å². The Hall–Kier alpha value is -4.05. The molecule has 3 aromatic carbocycles. The van der Waals surface area contributed by atoms with E-state index in [0.717, 1.165) is 9.80 Å². The number of anilines is 2. The standard InChI is InChI=1S/C26H16Cl2N2O4/c1-2-13-34-23-17(14-18(27)16-22(23)28)15-21-24(31)29(19-9-5-3-6-10-19)26(33)30(25(21)32)20-11-7-4-8-12-20/h1,3-12,14-16H,13H2. The molecule has 168 valence electrons. The van der Waals surface area contributed by atoms with Crippen LogP contribution in [0.2, 0.25) is 10.0 Å². The number of ether oxygens (including phenoxy) is 1. The number of terminal acetylenes is 1. The predicted molar refractivity (Wildman–Crippen MR) is 132 cm³/mol. The van der Waals surface area contributed by atoms with Crippen LogP contribution in [-0.4, -0.2) is 24.5 Å². The van der Waals surface area contributed by atoms with E-state index in [1.54, 1.807) is 60.7 Å². The second-order valence-electron chi connectivity index (χ2n) is 7.09. The minimum atomic E-state index is -0.799. The fraction of sp³-hybridized carbons (Fsp3) is 0.0385. The van der Waals surface area contributed by atoms with Gasteiger partial charge in [-0.2, -0.15) is 0 Å². The highest BCUT2D eigenvalue weighted by Gasteiger charge is 2.43. The molecule has 3 aromatic rings. The van der Waals surface area contributed by atoms with Gasteiger partial charge in [-0.1, -0.05) is 65.5 Å². The molecule has 4 amide bonds. The maximum absolute atomic E-state index is 13.5. The number of para-hydroxylation sites is 2. The Labute approximate surface area is 205 Å². The van der Waals surface area contributed by atoms with Crippen LogP contribution < -0.4 is 14.5 Å². The average Bonchev–Trinajstić information content (AvgIpc) is 2.82. The zero-order valence-electron chi connectivity index (χ0n) is 17.6. The summed E-state index contributed by atoms with van der Waals surface area (Å²) >= 11 is 12.4. The molecule has 1 heterocycles. The normalized spacial score (nSPS) is 13.7. The topological polar surface area (TPSA) is 66.9 Å². The second-order valence-corrected chi connectivity index (χ2v) is 7.94. The lowest BCUT2D eigenvalue weighted by atomic mass is 10.0. The van der Waals surface area contributed by atoms with Gasteiger partial charge in [-0.05, 0) is 42.5 Å². The molecule has 34 heavy (non-hydrogen) atoms. The quantitative estimate of drug-likeness (QED) is 0.265. The van der Waals surface area contributed by atoms with Crippen molar-refractivity contribution >= 4 is 58.5 Å². The fourth-order valence-corrected chi connectivity index (χ4v) is 4.01.